The van der Waals surface area contributed by atoms with Crippen molar-refractivity contribution in [3.63, 3.8) is 0 Å². The molecule has 1 aromatic heterocycles. The molecule has 1 aliphatic heterocycles. The molecule has 1 aliphatic rings. The Morgan fingerprint density at radius 2 is 1.96 bits per heavy atom. The van der Waals surface area contributed by atoms with Crippen molar-refractivity contribution in [2.75, 3.05) is 20.2 Å². The van der Waals surface area contributed by atoms with Gasteiger partial charge in [-0.15, -0.1) is 0 Å². The van der Waals surface area contributed by atoms with Gasteiger partial charge in [-0.3, -0.25) is 9.59 Å². The van der Waals surface area contributed by atoms with E-state index in [4.69, 9.17) is 4.74 Å². The summed E-state index contributed by atoms with van der Waals surface area (Å²) in [4.78, 5) is 26.0. The van der Waals surface area contributed by atoms with Crippen LogP contribution in [0.3, 0.4) is 0 Å². The van der Waals surface area contributed by atoms with Gasteiger partial charge in [-0.2, -0.15) is 11.3 Å². The number of thiophene rings is 1. The zero-order valence-corrected chi connectivity index (χ0v) is 14.5. The predicted molar refractivity (Wildman–Crippen MR) is 93.6 cm³/mol. The first-order chi connectivity index (χ1) is 11.6. The minimum Gasteiger partial charge on any atom is -0.497 e. The van der Waals surface area contributed by atoms with Gasteiger partial charge in [0.05, 0.1) is 18.7 Å². The summed E-state index contributed by atoms with van der Waals surface area (Å²) in [5, 5.41) is 6.74. The van der Waals surface area contributed by atoms with E-state index in [2.05, 4.69) is 5.32 Å². The highest BCUT2D eigenvalue weighted by Crippen LogP contribution is 2.30. The highest BCUT2D eigenvalue weighted by atomic mass is 32.1. The molecule has 1 N–H and O–H groups in total. The Kier molecular flexibility index (Phi) is 4.85. The lowest BCUT2D eigenvalue weighted by Gasteiger charge is -2.19. The van der Waals surface area contributed by atoms with Crippen molar-refractivity contribution in [1.29, 1.82) is 0 Å². The molecule has 0 saturated carbocycles. The Balaban J connectivity index is 1.82. The molecule has 0 bridgehead atoms. The molecule has 2 heterocycles. The molecule has 24 heavy (non-hydrogen) atoms. The minimum atomic E-state index is -0.0847. The van der Waals surface area contributed by atoms with E-state index in [1.165, 1.54) is 18.3 Å². The Labute approximate surface area is 145 Å². The van der Waals surface area contributed by atoms with Crippen LogP contribution < -0.4 is 10.1 Å². The number of amides is 2. The number of methoxy groups -OCH3 is 1. The van der Waals surface area contributed by atoms with Crippen LogP contribution in [0.1, 0.15) is 28.8 Å². The van der Waals surface area contributed by atoms with E-state index in [0.717, 1.165) is 11.3 Å². The number of rotatable bonds is 4. The fourth-order valence-electron chi connectivity index (χ4n) is 3.13. The molecule has 2 amide bonds. The largest absolute Gasteiger partial charge is 0.497 e. The molecule has 6 heteroatoms. The summed E-state index contributed by atoms with van der Waals surface area (Å²) in [6, 6.07) is 9.56. The number of ether oxygens (including phenoxy) is 1. The van der Waals surface area contributed by atoms with Crippen molar-refractivity contribution in [2.45, 2.75) is 18.9 Å². The molecule has 0 unspecified atom stereocenters. The van der Waals surface area contributed by atoms with Gasteiger partial charge >= 0.3 is 0 Å². The first kappa shape index (κ1) is 16.5. The van der Waals surface area contributed by atoms with Gasteiger partial charge in [0.2, 0.25) is 5.91 Å². The van der Waals surface area contributed by atoms with Crippen LogP contribution in [0.5, 0.6) is 5.75 Å². The number of nitrogens with zero attached hydrogens (tertiary/aromatic N) is 1. The minimum absolute atomic E-state index is 0.0163. The van der Waals surface area contributed by atoms with Gasteiger partial charge in [0.1, 0.15) is 5.75 Å². The molecule has 126 valence electrons. The molecular weight excluding hydrogens is 324 g/mol. The van der Waals surface area contributed by atoms with Crippen molar-refractivity contribution in [3.05, 3.63) is 52.2 Å². The van der Waals surface area contributed by atoms with Crippen LogP contribution in [-0.4, -0.2) is 43.0 Å². The van der Waals surface area contributed by atoms with Gasteiger partial charge in [0, 0.05) is 31.3 Å². The lowest BCUT2D eigenvalue weighted by Crippen LogP contribution is -2.39. The summed E-state index contributed by atoms with van der Waals surface area (Å²) in [7, 11) is 1.63. The van der Waals surface area contributed by atoms with Crippen LogP contribution >= 0.6 is 11.3 Å². The van der Waals surface area contributed by atoms with Crippen molar-refractivity contribution in [3.8, 4) is 5.75 Å². The highest BCUT2D eigenvalue weighted by Gasteiger charge is 2.37. The third-order valence-electron chi connectivity index (χ3n) is 4.31. The number of hydrogen-bond acceptors (Lipinski definition) is 4. The van der Waals surface area contributed by atoms with Crippen molar-refractivity contribution in [1.82, 2.24) is 10.2 Å². The summed E-state index contributed by atoms with van der Waals surface area (Å²) >= 11 is 1.51. The van der Waals surface area contributed by atoms with Crippen LogP contribution in [0.25, 0.3) is 0 Å². The zero-order chi connectivity index (χ0) is 17.1. The number of benzene rings is 1. The Hall–Kier alpha value is -2.34. The first-order valence-electron chi connectivity index (χ1n) is 7.81. The quantitative estimate of drug-likeness (QED) is 0.927. The molecule has 2 atom stereocenters. The number of carbonyl (C=O) groups is 2. The molecule has 3 rings (SSSR count). The molecule has 0 aliphatic carbocycles. The van der Waals surface area contributed by atoms with Crippen LogP contribution in [0.4, 0.5) is 0 Å². The average molecular weight is 344 g/mol. The second-order valence-corrected chi connectivity index (χ2v) is 6.69. The third kappa shape index (κ3) is 3.43. The molecule has 1 aromatic carbocycles. The monoisotopic (exact) mass is 344 g/mol. The van der Waals surface area contributed by atoms with E-state index in [9.17, 15) is 9.59 Å². The van der Waals surface area contributed by atoms with Gasteiger partial charge in [-0.05, 0) is 29.1 Å². The summed E-state index contributed by atoms with van der Waals surface area (Å²) in [6.45, 7) is 2.62. The van der Waals surface area contributed by atoms with Gasteiger partial charge in [-0.25, -0.2) is 0 Å². The summed E-state index contributed by atoms with van der Waals surface area (Å²) in [5.74, 6) is 0.798. The lowest BCUT2D eigenvalue weighted by molar-refractivity contribution is -0.119. The maximum Gasteiger partial charge on any atom is 0.254 e. The summed E-state index contributed by atoms with van der Waals surface area (Å²) in [6.07, 6.45) is 0. The Morgan fingerprint density at radius 3 is 2.54 bits per heavy atom. The Morgan fingerprint density at radius 1 is 1.21 bits per heavy atom. The first-order valence-corrected chi connectivity index (χ1v) is 8.75. The van der Waals surface area contributed by atoms with E-state index in [1.807, 2.05) is 46.0 Å². The molecule has 2 aromatic rings. The van der Waals surface area contributed by atoms with Gasteiger partial charge in [-0.1, -0.05) is 12.1 Å². The third-order valence-corrected chi connectivity index (χ3v) is 4.99. The topological polar surface area (TPSA) is 58.6 Å². The van der Waals surface area contributed by atoms with Crippen molar-refractivity contribution >= 4 is 23.2 Å². The maximum absolute atomic E-state index is 12.6. The smallest absolute Gasteiger partial charge is 0.254 e. The number of hydrogen-bond donors (Lipinski definition) is 1. The predicted octanol–water partition coefficient (Wildman–Crippen LogP) is 2.50. The van der Waals surface area contributed by atoms with E-state index in [-0.39, 0.29) is 23.8 Å². The van der Waals surface area contributed by atoms with E-state index in [1.54, 1.807) is 7.11 Å². The zero-order valence-electron chi connectivity index (χ0n) is 13.7. The van der Waals surface area contributed by atoms with Crippen LogP contribution in [0.2, 0.25) is 0 Å². The highest BCUT2D eigenvalue weighted by molar-refractivity contribution is 7.08. The summed E-state index contributed by atoms with van der Waals surface area (Å²) < 4.78 is 5.20. The Bertz CT molecular complexity index is 712. The second-order valence-electron chi connectivity index (χ2n) is 5.91. The van der Waals surface area contributed by atoms with Crippen LogP contribution in [0.15, 0.2) is 41.1 Å². The number of nitrogens with one attached hydrogen (secondary N) is 1. The number of carbonyl (C=O) groups excluding carboxylic acids is 2. The second kappa shape index (κ2) is 7.05. The lowest BCUT2D eigenvalue weighted by atomic mass is 9.94. The molecule has 1 saturated heterocycles. The molecule has 1 fully saturated rings. The maximum atomic E-state index is 12.6. The summed E-state index contributed by atoms with van der Waals surface area (Å²) in [5.41, 5.74) is 1.80. The van der Waals surface area contributed by atoms with E-state index < -0.39 is 0 Å². The van der Waals surface area contributed by atoms with E-state index >= 15 is 0 Å². The van der Waals surface area contributed by atoms with Crippen molar-refractivity contribution in [2.24, 2.45) is 0 Å². The fraction of sp³-hybridized carbons (Fsp3) is 0.333. The number of likely N-dealkylation sites (tertiary alicyclic amines) is 1. The molecular formula is C18H20N2O3S. The van der Waals surface area contributed by atoms with Gasteiger partial charge in [0.15, 0.2) is 0 Å². The standard InChI is InChI=1S/C18H20N2O3S/c1-12(21)19-17-10-20(18(22)14-7-8-24-11-14)9-16(17)13-3-5-15(23-2)6-4-13/h3-8,11,16-17H,9-10H2,1-2H3,(H,19,21)/t16-,17+/m0/s1. The SMILES string of the molecule is COc1ccc([C@@H]2CN(C(=O)c3ccsc3)C[C@H]2NC(C)=O)cc1. The van der Waals surface area contributed by atoms with Crippen LogP contribution in [-0.2, 0) is 4.79 Å². The molecule has 5 nitrogen and oxygen atoms in total. The van der Waals surface area contributed by atoms with E-state index in [0.29, 0.717) is 18.7 Å². The average Bonchev–Trinajstić information content (AvgIpc) is 3.24. The van der Waals surface area contributed by atoms with Crippen LogP contribution in [0, 0.1) is 0 Å². The molecule has 0 radical (unpaired) electrons. The van der Waals surface area contributed by atoms with Gasteiger partial charge < -0.3 is 15.0 Å². The molecule has 0 spiro atoms. The van der Waals surface area contributed by atoms with Gasteiger partial charge in [0.25, 0.3) is 5.91 Å². The van der Waals surface area contributed by atoms with Crippen molar-refractivity contribution < 1.29 is 14.3 Å². The fourth-order valence-corrected chi connectivity index (χ4v) is 3.76. The normalized spacial score (nSPS) is 20.0.